The molecule has 100 valence electrons. The van der Waals surface area contributed by atoms with Crippen LogP contribution < -0.4 is 5.32 Å². The van der Waals surface area contributed by atoms with Gasteiger partial charge in [0.1, 0.15) is 0 Å². The lowest BCUT2D eigenvalue weighted by atomic mass is 10.2. The van der Waals surface area contributed by atoms with Crippen LogP contribution in [0.5, 0.6) is 0 Å². The molecule has 0 spiro atoms. The van der Waals surface area contributed by atoms with Gasteiger partial charge in [0.05, 0.1) is 6.54 Å². The zero-order valence-electron chi connectivity index (χ0n) is 11.2. The third-order valence-corrected chi connectivity index (χ3v) is 3.14. The van der Waals surface area contributed by atoms with Crippen LogP contribution in [0.2, 0.25) is 0 Å². The number of aliphatic carboxylic acids is 1. The lowest BCUT2D eigenvalue weighted by molar-refractivity contribution is -0.135. The van der Waals surface area contributed by atoms with Crippen LogP contribution in [0.15, 0.2) is 36.4 Å². The van der Waals surface area contributed by atoms with E-state index < -0.39 is 5.97 Å². The van der Waals surface area contributed by atoms with Gasteiger partial charge in [-0.15, -0.1) is 0 Å². The number of nitrogens with one attached hydrogen (secondary N) is 1. The second-order valence-corrected chi connectivity index (χ2v) is 4.56. The van der Waals surface area contributed by atoms with E-state index in [0.717, 1.165) is 22.6 Å². The molecule has 1 heterocycles. The summed E-state index contributed by atoms with van der Waals surface area (Å²) in [5, 5.41) is 11.6. The topological polar surface area (TPSA) is 54.3 Å². The van der Waals surface area contributed by atoms with Crippen molar-refractivity contribution in [2.24, 2.45) is 0 Å². The predicted molar refractivity (Wildman–Crippen MR) is 74.6 cm³/mol. The molecule has 1 aromatic heterocycles. The summed E-state index contributed by atoms with van der Waals surface area (Å²) < 4.78 is 2.18. The minimum Gasteiger partial charge on any atom is -0.480 e. The van der Waals surface area contributed by atoms with Crippen molar-refractivity contribution in [3.8, 4) is 5.69 Å². The molecule has 4 nitrogen and oxygen atoms in total. The van der Waals surface area contributed by atoms with Crippen LogP contribution in [0, 0.1) is 13.8 Å². The lowest BCUT2D eigenvalue weighted by Crippen LogP contribution is -2.22. The van der Waals surface area contributed by atoms with Crippen LogP contribution in [-0.2, 0) is 11.3 Å². The fourth-order valence-corrected chi connectivity index (χ4v) is 2.29. The molecular formula is C15H18N2O2. The van der Waals surface area contributed by atoms with Gasteiger partial charge in [0.25, 0.3) is 0 Å². The second-order valence-electron chi connectivity index (χ2n) is 4.56. The van der Waals surface area contributed by atoms with Crippen LogP contribution in [0.1, 0.15) is 17.0 Å². The van der Waals surface area contributed by atoms with Gasteiger partial charge in [-0.05, 0) is 37.6 Å². The van der Waals surface area contributed by atoms with Crippen molar-refractivity contribution in [2.75, 3.05) is 6.54 Å². The zero-order chi connectivity index (χ0) is 13.8. The average molecular weight is 258 g/mol. The molecule has 1 aromatic carbocycles. The predicted octanol–water partition coefficient (Wildman–Crippen LogP) is 2.27. The van der Waals surface area contributed by atoms with E-state index in [1.54, 1.807) is 0 Å². The summed E-state index contributed by atoms with van der Waals surface area (Å²) in [5.41, 5.74) is 4.54. The Hall–Kier alpha value is -2.07. The number of carboxylic acids is 1. The minimum atomic E-state index is -0.836. The van der Waals surface area contributed by atoms with E-state index in [4.69, 9.17) is 5.11 Å². The molecule has 0 fully saturated rings. The molecule has 0 saturated carbocycles. The fourth-order valence-electron chi connectivity index (χ4n) is 2.29. The third-order valence-electron chi connectivity index (χ3n) is 3.14. The van der Waals surface area contributed by atoms with Crippen molar-refractivity contribution in [3.05, 3.63) is 53.3 Å². The molecule has 4 heteroatoms. The Labute approximate surface area is 112 Å². The van der Waals surface area contributed by atoms with Gasteiger partial charge in [-0.25, -0.2) is 0 Å². The van der Waals surface area contributed by atoms with Gasteiger partial charge in [0.2, 0.25) is 0 Å². The van der Waals surface area contributed by atoms with Gasteiger partial charge in [-0.3, -0.25) is 4.79 Å². The number of carbonyl (C=O) groups is 1. The van der Waals surface area contributed by atoms with E-state index in [9.17, 15) is 4.79 Å². The van der Waals surface area contributed by atoms with Crippen molar-refractivity contribution < 1.29 is 9.90 Å². The molecule has 0 saturated heterocycles. The standard InChI is InChI=1S/C15H18N2O2/c1-11-8-13(9-16-10-15(18)19)12(2)17(11)14-6-4-3-5-7-14/h3-8,16H,9-10H2,1-2H3,(H,18,19). The van der Waals surface area contributed by atoms with Crippen LogP contribution in [-0.4, -0.2) is 22.2 Å². The van der Waals surface area contributed by atoms with Crippen LogP contribution in [0.4, 0.5) is 0 Å². The summed E-state index contributed by atoms with van der Waals surface area (Å²) in [4.78, 5) is 10.5. The number of rotatable bonds is 5. The molecule has 0 unspecified atom stereocenters. The summed E-state index contributed by atoms with van der Waals surface area (Å²) in [5.74, 6) is -0.836. The molecule has 0 aliphatic carbocycles. The number of hydrogen-bond donors (Lipinski definition) is 2. The summed E-state index contributed by atoms with van der Waals surface area (Å²) in [6.45, 7) is 4.66. The molecule has 0 aliphatic heterocycles. The van der Waals surface area contributed by atoms with E-state index in [-0.39, 0.29) is 6.54 Å². The monoisotopic (exact) mass is 258 g/mol. The third kappa shape index (κ3) is 3.03. The largest absolute Gasteiger partial charge is 0.480 e. The van der Waals surface area contributed by atoms with Gasteiger partial charge < -0.3 is 15.0 Å². The molecule has 2 aromatic rings. The highest BCUT2D eigenvalue weighted by molar-refractivity contribution is 5.69. The Morgan fingerprint density at radius 3 is 2.58 bits per heavy atom. The molecule has 0 atom stereocenters. The van der Waals surface area contributed by atoms with Crippen molar-refractivity contribution in [2.45, 2.75) is 20.4 Å². The van der Waals surface area contributed by atoms with Crippen LogP contribution in [0.25, 0.3) is 5.69 Å². The highest BCUT2D eigenvalue weighted by atomic mass is 16.4. The molecule has 2 rings (SSSR count). The normalized spacial score (nSPS) is 10.6. The highest BCUT2D eigenvalue weighted by Crippen LogP contribution is 2.20. The Bertz CT molecular complexity index is 573. The van der Waals surface area contributed by atoms with E-state index in [2.05, 4.69) is 41.9 Å². The number of para-hydroxylation sites is 1. The first-order chi connectivity index (χ1) is 9.09. The average Bonchev–Trinajstić information content (AvgIpc) is 2.65. The number of carboxylic acid groups (broad SMARTS) is 1. The maximum absolute atomic E-state index is 10.5. The van der Waals surface area contributed by atoms with E-state index >= 15 is 0 Å². The van der Waals surface area contributed by atoms with Gasteiger partial charge in [-0.2, -0.15) is 0 Å². The Balaban J connectivity index is 2.23. The Kier molecular flexibility index (Phi) is 4.02. The highest BCUT2D eigenvalue weighted by Gasteiger charge is 2.10. The maximum Gasteiger partial charge on any atom is 0.317 e. The molecular weight excluding hydrogens is 240 g/mol. The minimum absolute atomic E-state index is 0.0188. The summed E-state index contributed by atoms with van der Waals surface area (Å²) in [6.07, 6.45) is 0. The molecule has 0 aliphatic rings. The fraction of sp³-hybridized carbons (Fsp3) is 0.267. The van der Waals surface area contributed by atoms with Gasteiger partial charge in [0, 0.05) is 23.6 Å². The number of nitrogens with zero attached hydrogens (tertiary/aromatic N) is 1. The van der Waals surface area contributed by atoms with E-state index in [1.807, 2.05) is 18.2 Å². The Morgan fingerprint density at radius 1 is 1.26 bits per heavy atom. The lowest BCUT2D eigenvalue weighted by Gasteiger charge is -2.09. The quantitative estimate of drug-likeness (QED) is 0.865. The van der Waals surface area contributed by atoms with Gasteiger partial charge >= 0.3 is 5.97 Å². The van der Waals surface area contributed by atoms with Crippen molar-refractivity contribution >= 4 is 5.97 Å². The molecule has 2 N–H and O–H groups in total. The molecule has 19 heavy (non-hydrogen) atoms. The first-order valence-corrected chi connectivity index (χ1v) is 6.25. The number of aromatic nitrogens is 1. The van der Waals surface area contributed by atoms with Crippen LogP contribution >= 0.6 is 0 Å². The summed E-state index contributed by atoms with van der Waals surface area (Å²) in [7, 11) is 0. The Morgan fingerprint density at radius 2 is 1.95 bits per heavy atom. The summed E-state index contributed by atoms with van der Waals surface area (Å²) >= 11 is 0. The number of aryl methyl sites for hydroxylation is 1. The molecule has 0 radical (unpaired) electrons. The maximum atomic E-state index is 10.5. The van der Waals surface area contributed by atoms with Crippen molar-refractivity contribution in [3.63, 3.8) is 0 Å². The second kappa shape index (κ2) is 5.71. The molecule has 0 bridgehead atoms. The van der Waals surface area contributed by atoms with Gasteiger partial charge in [-0.1, -0.05) is 18.2 Å². The zero-order valence-corrected chi connectivity index (χ0v) is 11.2. The number of hydrogen-bond acceptors (Lipinski definition) is 2. The first-order valence-electron chi connectivity index (χ1n) is 6.25. The van der Waals surface area contributed by atoms with Crippen LogP contribution in [0.3, 0.4) is 0 Å². The van der Waals surface area contributed by atoms with E-state index in [1.165, 1.54) is 0 Å². The summed E-state index contributed by atoms with van der Waals surface area (Å²) in [6, 6.07) is 12.2. The SMILES string of the molecule is Cc1cc(CNCC(=O)O)c(C)n1-c1ccccc1. The van der Waals surface area contributed by atoms with Crippen molar-refractivity contribution in [1.29, 1.82) is 0 Å². The van der Waals surface area contributed by atoms with Gasteiger partial charge in [0.15, 0.2) is 0 Å². The smallest absolute Gasteiger partial charge is 0.317 e. The first kappa shape index (κ1) is 13.4. The molecule has 0 amide bonds. The van der Waals surface area contributed by atoms with E-state index in [0.29, 0.717) is 6.54 Å². The number of benzene rings is 1. The van der Waals surface area contributed by atoms with Crippen molar-refractivity contribution in [1.82, 2.24) is 9.88 Å².